The van der Waals surface area contributed by atoms with Crippen molar-refractivity contribution in [2.75, 3.05) is 0 Å². The Morgan fingerprint density at radius 2 is 1.78 bits per heavy atom. The molecule has 2 heteroatoms. The molecule has 2 nitrogen and oxygen atoms in total. The van der Waals surface area contributed by atoms with Crippen LogP contribution in [-0.4, -0.2) is 10.1 Å². The van der Waals surface area contributed by atoms with Crippen LogP contribution >= 0.6 is 0 Å². The van der Waals surface area contributed by atoms with E-state index < -0.39 is 6.10 Å². The summed E-state index contributed by atoms with van der Waals surface area (Å²) in [6.07, 6.45) is 1.80. The standard InChI is InChI=1S/C16H19NO/c1-11-8-12(2)14(13(3)9-11)10-16(18)15-6-4-5-7-17-15/h4-9,16,18H,10H2,1-3H3. The molecule has 1 unspecified atom stereocenters. The van der Waals surface area contributed by atoms with Gasteiger partial charge in [-0.25, -0.2) is 0 Å². The Morgan fingerprint density at radius 3 is 2.33 bits per heavy atom. The summed E-state index contributed by atoms with van der Waals surface area (Å²) in [4.78, 5) is 4.20. The van der Waals surface area contributed by atoms with Gasteiger partial charge in [0.15, 0.2) is 0 Å². The minimum atomic E-state index is -0.536. The maximum atomic E-state index is 10.2. The average Bonchev–Trinajstić information content (AvgIpc) is 2.34. The van der Waals surface area contributed by atoms with E-state index in [1.54, 1.807) is 6.20 Å². The van der Waals surface area contributed by atoms with Crippen molar-refractivity contribution in [3.63, 3.8) is 0 Å². The fourth-order valence-electron chi connectivity index (χ4n) is 2.40. The van der Waals surface area contributed by atoms with Crippen molar-refractivity contribution in [3.8, 4) is 0 Å². The molecule has 1 atom stereocenters. The highest BCUT2D eigenvalue weighted by atomic mass is 16.3. The van der Waals surface area contributed by atoms with E-state index in [2.05, 4.69) is 37.9 Å². The summed E-state index contributed by atoms with van der Waals surface area (Å²) in [7, 11) is 0. The molecule has 0 radical (unpaired) electrons. The lowest BCUT2D eigenvalue weighted by Gasteiger charge is -2.15. The zero-order valence-corrected chi connectivity index (χ0v) is 11.1. The third-order valence-corrected chi connectivity index (χ3v) is 3.27. The first-order valence-electron chi connectivity index (χ1n) is 6.23. The molecule has 1 aromatic heterocycles. The van der Waals surface area contributed by atoms with Crippen molar-refractivity contribution in [1.82, 2.24) is 4.98 Å². The van der Waals surface area contributed by atoms with E-state index in [1.807, 2.05) is 18.2 Å². The fraction of sp³-hybridized carbons (Fsp3) is 0.312. The lowest BCUT2D eigenvalue weighted by atomic mass is 9.94. The molecule has 0 spiro atoms. The molecule has 94 valence electrons. The quantitative estimate of drug-likeness (QED) is 0.894. The van der Waals surface area contributed by atoms with Gasteiger partial charge in [0.1, 0.15) is 0 Å². The van der Waals surface area contributed by atoms with Crippen LogP contribution in [0.4, 0.5) is 0 Å². The predicted octanol–water partition coefficient (Wildman–Crippen LogP) is 3.28. The number of aliphatic hydroxyl groups excluding tert-OH is 1. The Labute approximate surface area is 108 Å². The van der Waals surface area contributed by atoms with Gasteiger partial charge in [-0.1, -0.05) is 23.8 Å². The summed E-state index contributed by atoms with van der Waals surface area (Å²) in [5.41, 5.74) is 5.70. The third kappa shape index (κ3) is 2.77. The first kappa shape index (κ1) is 12.8. The largest absolute Gasteiger partial charge is 0.386 e. The highest BCUT2D eigenvalue weighted by molar-refractivity contribution is 5.38. The van der Waals surface area contributed by atoms with E-state index in [1.165, 1.54) is 22.3 Å². The van der Waals surface area contributed by atoms with Gasteiger partial charge < -0.3 is 5.11 Å². The minimum Gasteiger partial charge on any atom is -0.386 e. The molecule has 1 heterocycles. The number of aliphatic hydroxyl groups is 1. The Morgan fingerprint density at radius 1 is 1.11 bits per heavy atom. The van der Waals surface area contributed by atoms with E-state index in [-0.39, 0.29) is 0 Å². The summed E-state index contributed by atoms with van der Waals surface area (Å²) < 4.78 is 0. The molecular formula is C16H19NO. The molecule has 0 bridgehead atoms. The topological polar surface area (TPSA) is 33.1 Å². The highest BCUT2D eigenvalue weighted by Crippen LogP contribution is 2.23. The summed E-state index contributed by atoms with van der Waals surface area (Å²) in [6, 6.07) is 9.95. The van der Waals surface area contributed by atoms with Gasteiger partial charge >= 0.3 is 0 Å². The number of rotatable bonds is 3. The molecule has 0 amide bonds. The molecule has 0 aliphatic heterocycles. The van der Waals surface area contributed by atoms with Gasteiger partial charge in [-0.2, -0.15) is 0 Å². The van der Waals surface area contributed by atoms with Gasteiger partial charge in [0.05, 0.1) is 11.8 Å². The number of hydrogen-bond acceptors (Lipinski definition) is 2. The van der Waals surface area contributed by atoms with Crippen LogP contribution < -0.4 is 0 Å². The molecule has 0 saturated heterocycles. The molecule has 18 heavy (non-hydrogen) atoms. The summed E-state index contributed by atoms with van der Waals surface area (Å²) in [6.45, 7) is 6.29. The monoisotopic (exact) mass is 241 g/mol. The fourth-order valence-corrected chi connectivity index (χ4v) is 2.40. The zero-order valence-electron chi connectivity index (χ0n) is 11.1. The van der Waals surface area contributed by atoms with Gasteiger partial charge in [-0.05, 0) is 49.6 Å². The minimum absolute atomic E-state index is 0.536. The van der Waals surface area contributed by atoms with Crippen LogP contribution in [0.3, 0.4) is 0 Å². The van der Waals surface area contributed by atoms with Gasteiger partial charge in [-0.15, -0.1) is 0 Å². The van der Waals surface area contributed by atoms with E-state index in [0.717, 1.165) is 5.69 Å². The molecule has 0 aliphatic carbocycles. The van der Waals surface area contributed by atoms with Gasteiger partial charge in [-0.3, -0.25) is 4.98 Å². The lowest BCUT2D eigenvalue weighted by molar-refractivity contribution is 0.173. The summed E-state index contributed by atoms with van der Waals surface area (Å²) in [5.74, 6) is 0. The van der Waals surface area contributed by atoms with E-state index in [0.29, 0.717) is 6.42 Å². The van der Waals surface area contributed by atoms with Gasteiger partial charge in [0, 0.05) is 12.6 Å². The maximum Gasteiger partial charge on any atom is 0.1000 e. The number of aromatic nitrogens is 1. The third-order valence-electron chi connectivity index (χ3n) is 3.27. The second kappa shape index (κ2) is 5.32. The van der Waals surface area contributed by atoms with Crippen LogP contribution in [0, 0.1) is 20.8 Å². The van der Waals surface area contributed by atoms with Gasteiger partial charge in [0.2, 0.25) is 0 Å². The molecule has 1 aromatic carbocycles. The maximum absolute atomic E-state index is 10.2. The zero-order chi connectivity index (χ0) is 13.1. The van der Waals surface area contributed by atoms with Crippen LogP contribution in [0.15, 0.2) is 36.5 Å². The van der Waals surface area contributed by atoms with Crippen molar-refractivity contribution in [1.29, 1.82) is 0 Å². The van der Waals surface area contributed by atoms with E-state index >= 15 is 0 Å². The molecule has 1 N–H and O–H groups in total. The number of hydrogen-bond donors (Lipinski definition) is 1. The number of aryl methyl sites for hydroxylation is 3. The number of benzene rings is 1. The normalized spacial score (nSPS) is 12.4. The smallest absolute Gasteiger partial charge is 0.1000 e. The van der Waals surface area contributed by atoms with Crippen LogP contribution in [0.5, 0.6) is 0 Å². The van der Waals surface area contributed by atoms with E-state index in [4.69, 9.17) is 0 Å². The predicted molar refractivity (Wildman–Crippen MR) is 73.6 cm³/mol. The SMILES string of the molecule is Cc1cc(C)c(CC(O)c2ccccn2)c(C)c1. The van der Waals surface area contributed by atoms with Crippen molar-refractivity contribution < 1.29 is 5.11 Å². The Hall–Kier alpha value is -1.67. The Kier molecular flexibility index (Phi) is 3.78. The summed E-state index contributed by atoms with van der Waals surface area (Å²) >= 11 is 0. The lowest BCUT2D eigenvalue weighted by Crippen LogP contribution is -2.06. The van der Waals surface area contributed by atoms with Crippen LogP contribution in [0.1, 0.15) is 34.1 Å². The molecule has 2 aromatic rings. The molecule has 0 saturated carbocycles. The second-order valence-electron chi connectivity index (χ2n) is 4.85. The van der Waals surface area contributed by atoms with Crippen molar-refractivity contribution in [2.24, 2.45) is 0 Å². The second-order valence-corrected chi connectivity index (χ2v) is 4.85. The number of nitrogens with zero attached hydrogens (tertiary/aromatic N) is 1. The Balaban J connectivity index is 2.25. The molecule has 2 rings (SSSR count). The van der Waals surface area contributed by atoms with Crippen molar-refractivity contribution in [2.45, 2.75) is 33.3 Å². The van der Waals surface area contributed by atoms with Crippen LogP contribution in [0.2, 0.25) is 0 Å². The highest BCUT2D eigenvalue weighted by Gasteiger charge is 2.13. The first-order valence-corrected chi connectivity index (χ1v) is 6.23. The average molecular weight is 241 g/mol. The van der Waals surface area contributed by atoms with Crippen LogP contribution in [-0.2, 0) is 6.42 Å². The van der Waals surface area contributed by atoms with E-state index in [9.17, 15) is 5.11 Å². The molecular weight excluding hydrogens is 222 g/mol. The van der Waals surface area contributed by atoms with Gasteiger partial charge in [0.25, 0.3) is 0 Å². The number of pyridine rings is 1. The van der Waals surface area contributed by atoms with Crippen molar-refractivity contribution in [3.05, 3.63) is 64.5 Å². The Bertz CT molecular complexity index is 511. The van der Waals surface area contributed by atoms with Crippen molar-refractivity contribution >= 4 is 0 Å². The first-order chi connectivity index (χ1) is 8.58. The van der Waals surface area contributed by atoms with Crippen LogP contribution in [0.25, 0.3) is 0 Å². The molecule has 0 fully saturated rings. The summed E-state index contributed by atoms with van der Waals surface area (Å²) in [5, 5.41) is 10.2. The molecule has 0 aliphatic rings.